The first kappa shape index (κ1) is 24.3. The lowest BCUT2D eigenvalue weighted by Gasteiger charge is -2.14. The highest BCUT2D eigenvalue weighted by Crippen LogP contribution is 2.36. The summed E-state index contributed by atoms with van der Waals surface area (Å²) >= 11 is 0. The summed E-state index contributed by atoms with van der Waals surface area (Å²) in [5.41, 5.74) is 8.70. The number of ether oxygens (including phenoxy) is 2. The van der Waals surface area contributed by atoms with Crippen molar-refractivity contribution in [2.45, 2.75) is 26.0 Å². The third-order valence-electron chi connectivity index (χ3n) is 5.68. The number of carbonyl (C=O) groups is 1. The molecular weight excluding hydrogens is 453 g/mol. The molecule has 0 spiro atoms. The minimum absolute atomic E-state index is 0.0573. The number of benzene rings is 3. The second kappa shape index (κ2) is 10.6. The highest BCUT2D eigenvalue weighted by molar-refractivity contribution is 5.94. The van der Waals surface area contributed by atoms with Crippen LogP contribution in [0.4, 0.5) is 4.39 Å². The molecule has 1 aromatic heterocycles. The van der Waals surface area contributed by atoms with E-state index in [1.54, 1.807) is 42.5 Å². The van der Waals surface area contributed by atoms with Crippen LogP contribution in [0.1, 0.15) is 22.5 Å². The third kappa shape index (κ3) is 5.29. The largest absolute Gasteiger partial charge is 0.497 e. The summed E-state index contributed by atoms with van der Waals surface area (Å²) in [6.07, 6.45) is 0.126. The molecule has 1 heterocycles. The topological polar surface area (TPSA) is 115 Å². The van der Waals surface area contributed by atoms with Crippen LogP contribution in [0.2, 0.25) is 0 Å². The fraction of sp³-hybridized carbons (Fsp3) is 0.222. The second-order valence-corrected chi connectivity index (χ2v) is 8.06. The molecule has 0 aliphatic rings. The molecule has 4 rings (SSSR count). The van der Waals surface area contributed by atoms with E-state index in [9.17, 15) is 15.0 Å². The van der Waals surface area contributed by atoms with Crippen molar-refractivity contribution in [3.8, 4) is 22.6 Å². The van der Waals surface area contributed by atoms with E-state index < -0.39 is 11.8 Å². The number of aliphatic hydroxyl groups excluding tert-OH is 1. The Labute approximate surface area is 201 Å². The van der Waals surface area contributed by atoms with Gasteiger partial charge in [-0.05, 0) is 29.8 Å². The van der Waals surface area contributed by atoms with Crippen LogP contribution < -0.4 is 15.2 Å². The average molecular weight is 480 g/mol. The second-order valence-electron chi connectivity index (χ2n) is 8.06. The minimum Gasteiger partial charge on any atom is -0.497 e. The minimum atomic E-state index is -0.978. The molecule has 4 N–H and O–H groups in total. The number of hydrogen-bond donors (Lipinski definition) is 3. The molecule has 0 atom stereocenters. The van der Waals surface area contributed by atoms with Crippen molar-refractivity contribution in [3.63, 3.8) is 0 Å². The molecule has 3 aromatic carbocycles. The standard InChI is InChI=1S/C27H26FNO6/c1-33-20-6-5-17(12-25(31)32)24(13-20)34-15-16-9-19-11-21(7-8-30)35-27(19)23(10-16)22-4-2-3-18(14-29)26(22)28/h2-6,9-11,13,30H,7-8,12,14-15,29H2,1H3,(H,31,32). The van der Waals surface area contributed by atoms with E-state index in [1.807, 2.05) is 12.1 Å². The van der Waals surface area contributed by atoms with Crippen molar-refractivity contribution >= 4 is 16.9 Å². The summed E-state index contributed by atoms with van der Waals surface area (Å²) in [6.45, 7) is 0.0769. The van der Waals surface area contributed by atoms with Gasteiger partial charge in [0.15, 0.2) is 0 Å². The number of aliphatic hydroxyl groups is 1. The van der Waals surface area contributed by atoms with Crippen molar-refractivity contribution in [2.24, 2.45) is 5.73 Å². The number of halogens is 1. The Hall–Kier alpha value is -3.88. The maximum atomic E-state index is 15.2. The summed E-state index contributed by atoms with van der Waals surface area (Å²) in [7, 11) is 1.52. The van der Waals surface area contributed by atoms with E-state index in [4.69, 9.17) is 19.6 Å². The van der Waals surface area contributed by atoms with Crippen LogP contribution in [0.3, 0.4) is 0 Å². The highest BCUT2D eigenvalue weighted by atomic mass is 19.1. The van der Waals surface area contributed by atoms with Gasteiger partial charge < -0.3 is 29.8 Å². The van der Waals surface area contributed by atoms with E-state index in [-0.39, 0.29) is 26.2 Å². The summed E-state index contributed by atoms with van der Waals surface area (Å²) in [6, 6.07) is 15.5. The van der Waals surface area contributed by atoms with E-state index >= 15 is 4.39 Å². The zero-order valence-electron chi connectivity index (χ0n) is 19.2. The molecule has 4 aromatic rings. The fourth-order valence-corrected chi connectivity index (χ4v) is 4.00. The van der Waals surface area contributed by atoms with Gasteiger partial charge in [-0.1, -0.05) is 24.3 Å². The van der Waals surface area contributed by atoms with E-state index in [0.29, 0.717) is 51.5 Å². The van der Waals surface area contributed by atoms with Gasteiger partial charge in [0, 0.05) is 46.7 Å². The van der Waals surface area contributed by atoms with Gasteiger partial charge >= 0.3 is 5.97 Å². The number of carboxylic acids is 1. The van der Waals surface area contributed by atoms with Crippen molar-refractivity contribution in [3.05, 3.63) is 82.9 Å². The summed E-state index contributed by atoms with van der Waals surface area (Å²) in [4.78, 5) is 11.3. The molecule has 0 aliphatic carbocycles. The first-order valence-electron chi connectivity index (χ1n) is 11.1. The molecule has 8 heteroatoms. The van der Waals surface area contributed by atoms with Crippen molar-refractivity contribution in [2.75, 3.05) is 13.7 Å². The zero-order chi connectivity index (χ0) is 24.9. The van der Waals surface area contributed by atoms with E-state index in [1.165, 1.54) is 7.11 Å². The van der Waals surface area contributed by atoms with Crippen molar-refractivity contribution < 1.29 is 33.3 Å². The molecule has 0 unspecified atom stereocenters. The molecule has 0 saturated heterocycles. The molecule has 0 amide bonds. The van der Waals surface area contributed by atoms with Crippen LogP contribution in [0.5, 0.6) is 11.5 Å². The number of hydrogen-bond acceptors (Lipinski definition) is 6. The van der Waals surface area contributed by atoms with Gasteiger partial charge in [-0.25, -0.2) is 4.39 Å². The Balaban J connectivity index is 1.76. The lowest BCUT2D eigenvalue weighted by molar-refractivity contribution is -0.136. The summed E-state index contributed by atoms with van der Waals surface area (Å²) in [5, 5.41) is 19.3. The van der Waals surface area contributed by atoms with Crippen LogP contribution >= 0.6 is 0 Å². The molecule has 0 saturated carbocycles. The Morgan fingerprint density at radius 2 is 1.91 bits per heavy atom. The van der Waals surface area contributed by atoms with Gasteiger partial charge in [0.05, 0.1) is 20.1 Å². The van der Waals surface area contributed by atoms with E-state index in [2.05, 4.69) is 0 Å². The van der Waals surface area contributed by atoms with Gasteiger partial charge in [0.2, 0.25) is 0 Å². The molecule has 0 fully saturated rings. The Kier molecular flexibility index (Phi) is 7.33. The molecule has 0 bridgehead atoms. The van der Waals surface area contributed by atoms with Gasteiger partial charge in [0.25, 0.3) is 0 Å². The van der Waals surface area contributed by atoms with Crippen LogP contribution in [0.15, 0.2) is 59.0 Å². The number of fused-ring (bicyclic) bond motifs is 1. The maximum absolute atomic E-state index is 15.2. The fourth-order valence-electron chi connectivity index (χ4n) is 4.00. The average Bonchev–Trinajstić information content (AvgIpc) is 3.25. The van der Waals surface area contributed by atoms with Crippen LogP contribution in [-0.4, -0.2) is 29.9 Å². The number of carboxylic acid groups (broad SMARTS) is 1. The molecular formula is C27H26FNO6. The Morgan fingerprint density at radius 3 is 2.63 bits per heavy atom. The van der Waals surface area contributed by atoms with Gasteiger partial charge in [-0.15, -0.1) is 0 Å². The van der Waals surface area contributed by atoms with Crippen molar-refractivity contribution in [1.82, 2.24) is 0 Å². The predicted octanol–water partition coefficient (Wildman–Crippen LogP) is 4.45. The van der Waals surface area contributed by atoms with Gasteiger partial charge in [-0.3, -0.25) is 4.79 Å². The Morgan fingerprint density at radius 1 is 1.09 bits per heavy atom. The maximum Gasteiger partial charge on any atom is 0.307 e. The lowest BCUT2D eigenvalue weighted by Crippen LogP contribution is -2.05. The smallest absolute Gasteiger partial charge is 0.307 e. The van der Waals surface area contributed by atoms with E-state index in [0.717, 1.165) is 10.9 Å². The number of methoxy groups -OCH3 is 1. The Bertz CT molecular complexity index is 1360. The SMILES string of the molecule is COc1ccc(CC(=O)O)c(OCc2cc(-c3cccc(CN)c3F)c3oc(CCO)cc3c2)c1. The molecule has 0 radical (unpaired) electrons. The highest BCUT2D eigenvalue weighted by Gasteiger charge is 2.18. The van der Waals surface area contributed by atoms with Crippen LogP contribution in [0.25, 0.3) is 22.1 Å². The molecule has 0 aliphatic heterocycles. The molecule has 7 nitrogen and oxygen atoms in total. The summed E-state index contributed by atoms with van der Waals surface area (Å²) in [5.74, 6) is 0.0980. The number of furan rings is 1. The molecule has 182 valence electrons. The molecule has 35 heavy (non-hydrogen) atoms. The van der Waals surface area contributed by atoms with Gasteiger partial charge in [-0.2, -0.15) is 0 Å². The normalized spacial score (nSPS) is 11.1. The summed E-state index contributed by atoms with van der Waals surface area (Å²) < 4.78 is 32.4. The van der Waals surface area contributed by atoms with Gasteiger partial charge in [0.1, 0.15) is 35.3 Å². The monoisotopic (exact) mass is 479 g/mol. The predicted molar refractivity (Wildman–Crippen MR) is 129 cm³/mol. The number of nitrogens with two attached hydrogens (primary N) is 1. The first-order valence-corrected chi connectivity index (χ1v) is 11.1. The third-order valence-corrected chi connectivity index (χ3v) is 5.68. The quantitative estimate of drug-likeness (QED) is 0.308. The number of aliphatic carboxylic acids is 1. The first-order chi connectivity index (χ1) is 16.9. The number of rotatable bonds is 10. The zero-order valence-corrected chi connectivity index (χ0v) is 19.2. The lowest BCUT2D eigenvalue weighted by atomic mass is 9.98. The van der Waals surface area contributed by atoms with Crippen molar-refractivity contribution in [1.29, 1.82) is 0 Å². The van der Waals surface area contributed by atoms with Crippen LogP contribution in [-0.2, 0) is 30.8 Å². The van der Waals surface area contributed by atoms with Crippen LogP contribution in [0, 0.1) is 5.82 Å².